The minimum atomic E-state index is -0.325. The molecule has 136 valence electrons. The molecule has 2 aliphatic rings. The van der Waals surface area contributed by atoms with Crippen LogP contribution in [0.2, 0.25) is 0 Å². The van der Waals surface area contributed by atoms with Gasteiger partial charge in [-0.3, -0.25) is 4.79 Å². The van der Waals surface area contributed by atoms with Crippen LogP contribution in [0.4, 0.5) is 5.95 Å². The maximum Gasteiger partial charge on any atom is 0.227 e. The third kappa shape index (κ3) is 2.70. The highest BCUT2D eigenvalue weighted by atomic mass is 32.2. The van der Waals surface area contributed by atoms with Gasteiger partial charge in [-0.15, -0.1) is 5.10 Å². The number of methoxy groups -OCH3 is 1. The van der Waals surface area contributed by atoms with Crippen molar-refractivity contribution in [2.75, 3.05) is 18.7 Å². The molecule has 0 spiro atoms. The van der Waals surface area contributed by atoms with Crippen LogP contribution in [0.15, 0.2) is 40.7 Å². The highest BCUT2D eigenvalue weighted by molar-refractivity contribution is 7.98. The minimum absolute atomic E-state index is 0.0707. The van der Waals surface area contributed by atoms with Crippen LogP contribution in [-0.4, -0.2) is 33.9 Å². The number of aromatic nitrogens is 3. The third-order valence-electron chi connectivity index (χ3n) is 4.93. The van der Waals surface area contributed by atoms with Gasteiger partial charge in [0.05, 0.1) is 7.11 Å². The molecule has 1 atom stereocenters. The molecule has 2 aromatic rings. The number of ether oxygens (including phenoxy) is 1. The Morgan fingerprint density at radius 1 is 1.31 bits per heavy atom. The maximum atomic E-state index is 13.1. The molecule has 4 rings (SSSR count). The smallest absolute Gasteiger partial charge is 0.227 e. The van der Waals surface area contributed by atoms with Gasteiger partial charge >= 0.3 is 0 Å². The zero-order valence-electron chi connectivity index (χ0n) is 15.4. The third-order valence-corrected chi connectivity index (χ3v) is 5.47. The standard InChI is InChI=1S/C19H22N4O2S/c1-19(2)9-12-15(13(24)10-19)16(11-7-5-6-8-14(11)25-3)23-17(20-12)21-18(22-23)26-4/h5-8,16H,9-10H2,1-4H3,(H,20,21,22)/t16-/m0/s1. The first-order valence-corrected chi connectivity index (χ1v) is 9.83. The predicted octanol–water partition coefficient (Wildman–Crippen LogP) is 3.67. The van der Waals surface area contributed by atoms with E-state index in [1.54, 1.807) is 7.11 Å². The highest BCUT2D eigenvalue weighted by Gasteiger charge is 2.42. The predicted molar refractivity (Wildman–Crippen MR) is 102 cm³/mol. The Morgan fingerprint density at radius 3 is 2.81 bits per heavy atom. The van der Waals surface area contributed by atoms with E-state index in [9.17, 15) is 4.79 Å². The number of nitrogens with zero attached hydrogens (tertiary/aromatic N) is 3. The number of allylic oxidation sites excluding steroid dienone is 2. The number of para-hydroxylation sites is 1. The Balaban J connectivity index is 1.94. The summed E-state index contributed by atoms with van der Waals surface area (Å²) in [5.41, 5.74) is 2.59. The van der Waals surface area contributed by atoms with E-state index in [-0.39, 0.29) is 17.2 Å². The van der Waals surface area contributed by atoms with Crippen molar-refractivity contribution in [2.24, 2.45) is 5.41 Å². The topological polar surface area (TPSA) is 69.0 Å². The molecule has 0 saturated heterocycles. The average Bonchev–Trinajstić information content (AvgIpc) is 3.01. The molecule has 1 aliphatic heterocycles. The second-order valence-electron chi connectivity index (χ2n) is 7.47. The summed E-state index contributed by atoms with van der Waals surface area (Å²) >= 11 is 1.49. The van der Waals surface area contributed by atoms with E-state index in [4.69, 9.17) is 4.74 Å². The average molecular weight is 370 g/mol. The van der Waals surface area contributed by atoms with Crippen molar-refractivity contribution < 1.29 is 9.53 Å². The first-order valence-electron chi connectivity index (χ1n) is 8.60. The molecule has 0 fully saturated rings. The summed E-state index contributed by atoms with van der Waals surface area (Å²) in [6.07, 6.45) is 3.28. The molecule has 0 unspecified atom stereocenters. The van der Waals surface area contributed by atoms with Crippen LogP contribution in [-0.2, 0) is 4.79 Å². The fraction of sp³-hybridized carbons (Fsp3) is 0.421. The number of carbonyl (C=O) groups excluding carboxylic acids is 1. The number of fused-ring (bicyclic) bond motifs is 1. The molecule has 1 N–H and O–H groups in total. The number of ketones is 1. The monoisotopic (exact) mass is 370 g/mol. The van der Waals surface area contributed by atoms with Crippen molar-refractivity contribution in [3.05, 3.63) is 41.1 Å². The summed E-state index contributed by atoms with van der Waals surface area (Å²) in [5.74, 6) is 1.58. The van der Waals surface area contributed by atoms with E-state index in [2.05, 4.69) is 29.2 Å². The largest absolute Gasteiger partial charge is 0.496 e. The molecule has 1 aromatic heterocycles. The number of Topliss-reactive ketones (excluding diaryl/α,β-unsaturated/α-hetero) is 1. The van der Waals surface area contributed by atoms with Crippen LogP contribution in [0, 0.1) is 5.41 Å². The molecule has 0 amide bonds. The van der Waals surface area contributed by atoms with E-state index in [0.29, 0.717) is 17.5 Å². The lowest BCUT2D eigenvalue weighted by Gasteiger charge is -2.38. The molecule has 0 bridgehead atoms. The van der Waals surface area contributed by atoms with E-state index >= 15 is 0 Å². The van der Waals surface area contributed by atoms with Crippen LogP contribution < -0.4 is 10.1 Å². The van der Waals surface area contributed by atoms with Crippen LogP contribution in [0.25, 0.3) is 0 Å². The van der Waals surface area contributed by atoms with Gasteiger partial charge in [-0.2, -0.15) is 4.98 Å². The van der Waals surface area contributed by atoms with Crippen LogP contribution in [0.3, 0.4) is 0 Å². The minimum Gasteiger partial charge on any atom is -0.496 e. The van der Waals surface area contributed by atoms with Crippen molar-refractivity contribution in [3.8, 4) is 5.75 Å². The van der Waals surface area contributed by atoms with Gasteiger partial charge in [0.1, 0.15) is 11.8 Å². The number of thioether (sulfide) groups is 1. The number of hydrogen-bond acceptors (Lipinski definition) is 6. The van der Waals surface area contributed by atoms with E-state index < -0.39 is 0 Å². The molecular weight excluding hydrogens is 348 g/mol. The summed E-state index contributed by atoms with van der Waals surface area (Å²) in [7, 11) is 1.65. The molecule has 1 aliphatic carbocycles. The van der Waals surface area contributed by atoms with Gasteiger partial charge in [-0.1, -0.05) is 43.8 Å². The van der Waals surface area contributed by atoms with Gasteiger partial charge in [0.2, 0.25) is 11.1 Å². The number of benzene rings is 1. The molecular formula is C19H22N4O2S. The second-order valence-corrected chi connectivity index (χ2v) is 8.24. The van der Waals surface area contributed by atoms with Gasteiger partial charge < -0.3 is 10.1 Å². The first kappa shape index (κ1) is 17.1. The van der Waals surface area contributed by atoms with Crippen LogP contribution in [0.1, 0.15) is 38.3 Å². The summed E-state index contributed by atoms with van der Waals surface area (Å²) in [5, 5.41) is 8.68. The second kappa shape index (κ2) is 6.16. The summed E-state index contributed by atoms with van der Waals surface area (Å²) in [6.45, 7) is 4.25. The fourth-order valence-electron chi connectivity index (χ4n) is 3.86. The number of nitrogens with one attached hydrogen (secondary N) is 1. The Labute approximate surface area is 157 Å². The molecule has 0 radical (unpaired) electrons. The molecule has 0 saturated carbocycles. The lowest BCUT2D eigenvalue weighted by atomic mass is 9.73. The van der Waals surface area contributed by atoms with Crippen molar-refractivity contribution in [1.29, 1.82) is 0 Å². The molecule has 2 heterocycles. The molecule has 1 aromatic carbocycles. The first-order chi connectivity index (χ1) is 12.4. The van der Waals surface area contributed by atoms with E-state index in [0.717, 1.165) is 29.0 Å². The van der Waals surface area contributed by atoms with Crippen LogP contribution >= 0.6 is 11.8 Å². The van der Waals surface area contributed by atoms with Crippen molar-refractivity contribution in [1.82, 2.24) is 14.8 Å². The van der Waals surface area contributed by atoms with Crippen molar-refractivity contribution in [3.63, 3.8) is 0 Å². The van der Waals surface area contributed by atoms with E-state index in [1.807, 2.05) is 35.2 Å². The fourth-order valence-corrected chi connectivity index (χ4v) is 4.20. The van der Waals surface area contributed by atoms with Gasteiger partial charge in [0.15, 0.2) is 5.78 Å². The van der Waals surface area contributed by atoms with Gasteiger partial charge in [0, 0.05) is 23.3 Å². The molecule has 6 nitrogen and oxygen atoms in total. The van der Waals surface area contributed by atoms with Crippen LogP contribution in [0.5, 0.6) is 5.75 Å². The maximum absolute atomic E-state index is 13.1. The Kier molecular flexibility index (Phi) is 4.06. The summed E-state index contributed by atoms with van der Waals surface area (Å²) in [6, 6.07) is 7.48. The summed E-state index contributed by atoms with van der Waals surface area (Å²) < 4.78 is 7.40. The lowest BCUT2D eigenvalue weighted by molar-refractivity contribution is -0.118. The Morgan fingerprint density at radius 2 is 2.08 bits per heavy atom. The van der Waals surface area contributed by atoms with Gasteiger partial charge in [-0.05, 0) is 24.2 Å². The zero-order chi connectivity index (χ0) is 18.5. The van der Waals surface area contributed by atoms with Crippen molar-refractivity contribution in [2.45, 2.75) is 37.9 Å². The van der Waals surface area contributed by atoms with E-state index in [1.165, 1.54) is 11.8 Å². The zero-order valence-corrected chi connectivity index (χ0v) is 16.2. The lowest BCUT2D eigenvalue weighted by Crippen LogP contribution is -2.36. The molecule has 7 heteroatoms. The number of carbonyl (C=O) groups is 1. The SMILES string of the molecule is COc1ccccc1[C@H]1C2=C(CC(C)(C)CC2=O)Nc2nc(SC)nn21. The van der Waals surface area contributed by atoms with Gasteiger partial charge in [-0.25, -0.2) is 4.68 Å². The van der Waals surface area contributed by atoms with Gasteiger partial charge in [0.25, 0.3) is 0 Å². The normalized spacial score (nSPS) is 21.1. The highest BCUT2D eigenvalue weighted by Crippen LogP contribution is 2.47. The quantitative estimate of drug-likeness (QED) is 0.832. The number of rotatable bonds is 3. The Bertz CT molecular complexity index is 916. The summed E-state index contributed by atoms with van der Waals surface area (Å²) in [4.78, 5) is 17.7. The Hall–Kier alpha value is -2.28. The number of hydrogen-bond donors (Lipinski definition) is 1. The molecule has 26 heavy (non-hydrogen) atoms. The number of anilines is 1. The van der Waals surface area contributed by atoms with Crippen molar-refractivity contribution >= 4 is 23.5 Å².